The maximum absolute atomic E-state index is 11.6. The molecule has 0 fully saturated rings. The van der Waals surface area contributed by atoms with E-state index in [1.165, 1.54) is 24.3 Å². The predicted octanol–water partition coefficient (Wildman–Crippen LogP) is 1.56. The third kappa shape index (κ3) is 3.85. The molecule has 0 spiro atoms. The minimum atomic E-state index is -1.05. The van der Waals surface area contributed by atoms with Gasteiger partial charge < -0.3 is 14.9 Å². The number of ether oxygens (including phenoxy) is 1. The summed E-state index contributed by atoms with van der Waals surface area (Å²) in [6, 6.07) is 5.49. The quantitative estimate of drug-likeness (QED) is 0.777. The fourth-order valence-electron chi connectivity index (χ4n) is 1.14. The van der Waals surface area contributed by atoms with Crippen LogP contribution in [0.4, 0.5) is 0 Å². The van der Waals surface area contributed by atoms with Crippen molar-refractivity contribution in [2.45, 2.75) is 13.8 Å². The van der Waals surface area contributed by atoms with E-state index in [4.69, 9.17) is 14.9 Å². The van der Waals surface area contributed by atoms with Gasteiger partial charge in [-0.25, -0.2) is 9.59 Å². The normalized spacial score (nSPS) is 11.1. The van der Waals surface area contributed by atoms with Gasteiger partial charge in [-0.3, -0.25) is 0 Å². The molecule has 0 saturated heterocycles. The summed E-state index contributed by atoms with van der Waals surface area (Å²) in [5, 5.41) is 17.7. The number of carbonyl (C=O) groups is 2. The van der Waals surface area contributed by atoms with Crippen molar-refractivity contribution in [1.82, 2.24) is 0 Å². The molecule has 1 aromatic carbocycles. The molecule has 5 heteroatoms. The van der Waals surface area contributed by atoms with Gasteiger partial charge in [0.25, 0.3) is 0 Å². The largest absolute Gasteiger partial charge is 0.478 e. The Morgan fingerprint density at radius 2 is 1.67 bits per heavy atom. The Hall–Kier alpha value is -1.88. The highest BCUT2D eigenvalue weighted by Crippen LogP contribution is 2.15. The Labute approximate surface area is 105 Å². The molecule has 98 valence electrons. The first-order valence-corrected chi connectivity index (χ1v) is 5.47. The van der Waals surface area contributed by atoms with Crippen molar-refractivity contribution in [3.05, 3.63) is 35.4 Å². The predicted molar refractivity (Wildman–Crippen MR) is 64.6 cm³/mol. The average molecular weight is 252 g/mol. The summed E-state index contributed by atoms with van der Waals surface area (Å²) in [5.74, 6) is -1.58. The summed E-state index contributed by atoms with van der Waals surface area (Å²) in [5.41, 5.74) is -0.0904. The second-order valence-corrected chi connectivity index (χ2v) is 4.78. The first-order valence-electron chi connectivity index (χ1n) is 5.47. The van der Waals surface area contributed by atoms with Gasteiger partial charge in [-0.1, -0.05) is 13.8 Å². The molecular formula is C13H16O5. The van der Waals surface area contributed by atoms with Crippen LogP contribution in [0, 0.1) is 5.41 Å². The lowest BCUT2D eigenvalue weighted by Crippen LogP contribution is -2.25. The smallest absolute Gasteiger partial charge is 0.338 e. The number of esters is 1. The summed E-state index contributed by atoms with van der Waals surface area (Å²) in [7, 11) is 0. The van der Waals surface area contributed by atoms with Crippen LogP contribution in [0.1, 0.15) is 34.6 Å². The minimum Gasteiger partial charge on any atom is -0.478 e. The van der Waals surface area contributed by atoms with Gasteiger partial charge in [0.15, 0.2) is 0 Å². The molecule has 0 atom stereocenters. The lowest BCUT2D eigenvalue weighted by molar-refractivity contribution is 0.0218. The van der Waals surface area contributed by atoms with Crippen LogP contribution in [0.15, 0.2) is 24.3 Å². The molecule has 2 N–H and O–H groups in total. The molecule has 0 bridgehead atoms. The fourth-order valence-corrected chi connectivity index (χ4v) is 1.14. The van der Waals surface area contributed by atoms with Crippen LogP contribution >= 0.6 is 0 Å². The van der Waals surface area contributed by atoms with Gasteiger partial charge in [0, 0.05) is 5.41 Å². The van der Waals surface area contributed by atoms with E-state index in [0.717, 1.165) is 0 Å². The molecule has 0 amide bonds. The number of hydrogen-bond donors (Lipinski definition) is 2. The highest BCUT2D eigenvalue weighted by molar-refractivity contribution is 5.92. The van der Waals surface area contributed by atoms with Gasteiger partial charge in [0.05, 0.1) is 24.3 Å². The molecule has 0 radical (unpaired) electrons. The molecule has 0 aliphatic heterocycles. The average Bonchev–Trinajstić information content (AvgIpc) is 2.36. The Bertz CT molecular complexity index is 433. The molecule has 1 aromatic rings. The Balaban J connectivity index is 2.65. The maximum Gasteiger partial charge on any atom is 0.338 e. The van der Waals surface area contributed by atoms with Gasteiger partial charge in [0.2, 0.25) is 0 Å². The van der Waals surface area contributed by atoms with Crippen molar-refractivity contribution < 1.29 is 24.5 Å². The first kappa shape index (κ1) is 14.2. The van der Waals surface area contributed by atoms with Crippen LogP contribution in [-0.2, 0) is 4.74 Å². The highest BCUT2D eigenvalue weighted by Gasteiger charge is 2.19. The third-order valence-corrected chi connectivity index (χ3v) is 2.39. The molecule has 5 nitrogen and oxygen atoms in total. The molecular weight excluding hydrogens is 236 g/mol. The summed E-state index contributed by atoms with van der Waals surface area (Å²) < 4.78 is 5.04. The number of benzene rings is 1. The number of carboxylic acids is 1. The second kappa shape index (κ2) is 5.64. The van der Waals surface area contributed by atoms with Crippen molar-refractivity contribution in [2.24, 2.45) is 5.41 Å². The number of rotatable bonds is 5. The summed E-state index contributed by atoms with van der Waals surface area (Å²) in [6.45, 7) is 3.56. The van der Waals surface area contributed by atoms with Crippen LogP contribution in [-0.4, -0.2) is 35.4 Å². The van der Waals surface area contributed by atoms with Crippen molar-refractivity contribution >= 4 is 11.9 Å². The minimum absolute atomic E-state index is 0.0851. The van der Waals surface area contributed by atoms with Crippen molar-refractivity contribution in [2.75, 3.05) is 13.2 Å². The van der Waals surface area contributed by atoms with Gasteiger partial charge in [-0.05, 0) is 24.3 Å². The Kier molecular flexibility index (Phi) is 4.44. The van der Waals surface area contributed by atoms with Crippen LogP contribution in [0.25, 0.3) is 0 Å². The number of aliphatic hydroxyl groups is 1. The monoisotopic (exact) mass is 252 g/mol. The van der Waals surface area contributed by atoms with E-state index in [0.29, 0.717) is 0 Å². The lowest BCUT2D eigenvalue weighted by Gasteiger charge is -2.20. The van der Waals surface area contributed by atoms with E-state index in [-0.39, 0.29) is 24.3 Å². The first-order chi connectivity index (χ1) is 8.35. The highest BCUT2D eigenvalue weighted by atomic mass is 16.5. The molecule has 0 unspecified atom stereocenters. The summed E-state index contributed by atoms with van der Waals surface area (Å²) >= 11 is 0. The molecule has 0 aliphatic rings. The van der Waals surface area contributed by atoms with E-state index in [9.17, 15) is 9.59 Å². The SMILES string of the molecule is CC(C)(CO)COC(=O)c1ccc(C(=O)O)cc1. The molecule has 0 aromatic heterocycles. The fraction of sp³-hybridized carbons (Fsp3) is 0.385. The van der Waals surface area contributed by atoms with Crippen molar-refractivity contribution in [3.63, 3.8) is 0 Å². The zero-order valence-electron chi connectivity index (χ0n) is 10.3. The standard InChI is InChI=1S/C13H16O5/c1-13(2,7-14)8-18-12(17)10-5-3-9(4-6-10)11(15)16/h3-6,14H,7-8H2,1-2H3,(H,15,16). The van der Waals surface area contributed by atoms with Crippen LogP contribution < -0.4 is 0 Å². The van der Waals surface area contributed by atoms with E-state index in [2.05, 4.69) is 0 Å². The zero-order valence-corrected chi connectivity index (χ0v) is 10.3. The Morgan fingerprint density at radius 1 is 1.17 bits per heavy atom. The zero-order chi connectivity index (χ0) is 13.8. The second-order valence-electron chi connectivity index (χ2n) is 4.78. The number of aliphatic hydroxyl groups excluding tert-OH is 1. The van der Waals surface area contributed by atoms with E-state index >= 15 is 0 Å². The number of hydrogen-bond acceptors (Lipinski definition) is 4. The number of carboxylic acid groups (broad SMARTS) is 1. The Morgan fingerprint density at radius 3 is 2.11 bits per heavy atom. The molecule has 0 saturated carbocycles. The van der Waals surface area contributed by atoms with E-state index in [1.807, 2.05) is 0 Å². The van der Waals surface area contributed by atoms with Crippen molar-refractivity contribution in [3.8, 4) is 0 Å². The van der Waals surface area contributed by atoms with Crippen LogP contribution in [0.3, 0.4) is 0 Å². The van der Waals surface area contributed by atoms with E-state index in [1.54, 1.807) is 13.8 Å². The maximum atomic E-state index is 11.6. The number of aromatic carboxylic acids is 1. The van der Waals surface area contributed by atoms with Crippen molar-refractivity contribution in [1.29, 1.82) is 0 Å². The van der Waals surface area contributed by atoms with Gasteiger partial charge in [-0.2, -0.15) is 0 Å². The summed E-state index contributed by atoms with van der Waals surface area (Å²) in [6.07, 6.45) is 0. The van der Waals surface area contributed by atoms with Gasteiger partial charge in [-0.15, -0.1) is 0 Å². The number of carbonyl (C=O) groups excluding carboxylic acids is 1. The van der Waals surface area contributed by atoms with Gasteiger partial charge >= 0.3 is 11.9 Å². The van der Waals surface area contributed by atoms with Crippen LogP contribution in [0.5, 0.6) is 0 Å². The third-order valence-electron chi connectivity index (χ3n) is 2.39. The molecule has 18 heavy (non-hydrogen) atoms. The summed E-state index contributed by atoms with van der Waals surface area (Å²) in [4.78, 5) is 22.3. The molecule has 1 rings (SSSR count). The molecule has 0 heterocycles. The molecule has 0 aliphatic carbocycles. The van der Waals surface area contributed by atoms with Gasteiger partial charge in [0.1, 0.15) is 0 Å². The lowest BCUT2D eigenvalue weighted by atomic mass is 9.96. The van der Waals surface area contributed by atoms with E-state index < -0.39 is 17.4 Å². The van der Waals surface area contributed by atoms with Crippen LogP contribution in [0.2, 0.25) is 0 Å². The topological polar surface area (TPSA) is 83.8 Å².